The van der Waals surface area contributed by atoms with Gasteiger partial charge >= 0.3 is 0 Å². The third-order valence-corrected chi connectivity index (χ3v) is 6.89. The summed E-state index contributed by atoms with van der Waals surface area (Å²) in [5.74, 6) is 4.02. The van der Waals surface area contributed by atoms with Gasteiger partial charge in [0.05, 0.1) is 0 Å². The van der Waals surface area contributed by atoms with Crippen molar-refractivity contribution in [3.63, 3.8) is 0 Å². The number of allylic oxidation sites excluding steroid dienone is 4. The third kappa shape index (κ3) is 8.61. The highest BCUT2D eigenvalue weighted by Gasteiger charge is 2.22. The maximum absolute atomic E-state index is 2.51. The average molecular weight is 345 g/mol. The molecule has 0 aromatic carbocycles. The van der Waals surface area contributed by atoms with Gasteiger partial charge in [0.25, 0.3) is 0 Å². The molecular weight excluding hydrogens is 300 g/mol. The average Bonchev–Trinajstić information content (AvgIpc) is 2.65. The van der Waals surface area contributed by atoms with Gasteiger partial charge < -0.3 is 0 Å². The molecule has 0 saturated heterocycles. The van der Waals surface area contributed by atoms with Gasteiger partial charge in [-0.05, 0) is 62.7 Å². The predicted octanol–water partition coefficient (Wildman–Crippen LogP) is 8.48. The first-order chi connectivity index (χ1) is 12.3. The maximum atomic E-state index is 2.51. The monoisotopic (exact) mass is 344 g/mol. The second-order valence-electron chi connectivity index (χ2n) is 8.95. The molecule has 25 heavy (non-hydrogen) atoms. The zero-order valence-corrected chi connectivity index (χ0v) is 17.2. The molecule has 2 atom stereocenters. The molecule has 0 spiro atoms. The van der Waals surface area contributed by atoms with Crippen LogP contribution in [0.3, 0.4) is 0 Å². The number of unbranched alkanes of at least 4 members (excludes halogenated alkanes) is 1. The van der Waals surface area contributed by atoms with Crippen molar-refractivity contribution in [3.8, 4) is 0 Å². The Kier molecular flexibility index (Phi) is 10.6. The molecule has 2 fully saturated rings. The molecule has 0 nitrogen and oxygen atoms in total. The van der Waals surface area contributed by atoms with Crippen LogP contribution in [0, 0.1) is 23.7 Å². The lowest BCUT2D eigenvalue weighted by Gasteiger charge is -2.29. The van der Waals surface area contributed by atoms with Gasteiger partial charge in [-0.2, -0.15) is 0 Å². The van der Waals surface area contributed by atoms with Gasteiger partial charge in [0, 0.05) is 0 Å². The van der Waals surface area contributed by atoms with Gasteiger partial charge in [0.1, 0.15) is 0 Å². The van der Waals surface area contributed by atoms with Crippen molar-refractivity contribution >= 4 is 0 Å². The Hall–Kier alpha value is -0.520. The zero-order valence-electron chi connectivity index (χ0n) is 17.2. The van der Waals surface area contributed by atoms with E-state index in [0.717, 1.165) is 23.7 Å². The standard InChI is InChI=1S/C25H44/c1-3-5-7-12-22-17-19-23(20-18-22)13-8-9-14-25-16-10-15-24(21-25)11-6-4-2/h3,5-6,11,22-25H,4,7-10,12-21H2,1-2H3/t22-,23-,24?,25?. The van der Waals surface area contributed by atoms with Gasteiger partial charge in [-0.15, -0.1) is 0 Å². The molecule has 0 aromatic heterocycles. The molecule has 0 amide bonds. The van der Waals surface area contributed by atoms with Gasteiger partial charge in [-0.25, -0.2) is 0 Å². The molecule has 0 aromatic rings. The van der Waals surface area contributed by atoms with Crippen molar-refractivity contribution in [1.82, 2.24) is 0 Å². The predicted molar refractivity (Wildman–Crippen MR) is 113 cm³/mol. The molecule has 0 heteroatoms. The van der Waals surface area contributed by atoms with Crippen molar-refractivity contribution in [1.29, 1.82) is 0 Å². The molecule has 0 heterocycles. The lowest BCUT2D eigenvalue weighted by molar-refractivity contribution is 0.242. The largest absolute Gasteiger partial charge is 0.0917 e. The van der Waals surface area contributed by atoms with Crippen molar-refractivity contribution in [2.24, 2.45) is 23.7 Å². The van der Waals surface area contributed by atoms with Crippen LogP contribution < -0.4 is 0 Å². The normalized spacial score (nSPS) is 31.1. The number of hydrogen-bond donors (Lipinski definition) is 0. The minimum Gasteiger partial charge on any atom is -0.0917 e. The van der Waals surface area contributed by atoms with Crippen molar-refractivity contribution in [2.45, 2.75) is 110 Å². The molecule has 2 saturated carbocycles. The summed E-state index contributed by atoms with van der Waals surface area (Å²) in [6.07, 6.45) is 31.4. The Labute approximate surface area is 158 Å². The lowest BCUT2D eigenvalue weighted by Crippen LogP contribution is -2.15. The summed E-state index contributed by atoms with van der Waals surface area (Å²) in [6.45, 7) is 4.40. The molecule has 0 radical (unpaired) electrons. The summed E-state index contributed by atoms with van der Waals surface area (Å²) in [5.41, 5.74) is 0. The van der Waals surface area contributed by atoms with Crippen LogP contribution >= 0.6 is 0 Å². The van der Waals surface area contributed by atoms with Gasteiger partial charge in [-0.1, -0.05) is 95.4 Å². The van der Waals surface area contributed by atoms with Crippen LogP contribution in [-0.2, 0) is 0 Å². The topological polar surface area (TPSA) is 0 Å². The van der Waals surface area contributed by atoms with E-state index in [1.807, 2.05) is 0 Å². The number of hydrogen-bond acceptors (Lipinski definition) is 0. The van der Waals surface area contributed by atoms with Crippen LogP contribution in [0.4, 0.5) is 0 Å². The fourth-order valence-electron chi connectivity index (χ4n) is 5.27. The van der Waals surface area contributed by atoms with Crippen LogP contribution in [0.2, 0.25) is 0 Å². The minimum atomic E-state index is 0.900. The van der Waals surface area contributed by atoms with E-state index in [2.05, 4.69) is 38.2 Å². The number of rotatable bonds is 10. The van der Waals surface area contributed by atoms with Crippen LogP contribution in [0.1, 0.15) is 110 Å². The van der Waals surface area contributed by atoms with Gasteiger partial charge in [-0.3, -0.25) is 0 Å². The molecular formula is C25H44. The van der Waals surface area contributed by atoms with Crippen molar-refractivity contribution < 1.29 is 0 Å². The van der Waals surface area contributed by atoms with E-state index in [9.17, 15) is 0 Å². The molecule has 0 bridgehead atoms. The molecule has 2 unspecified atom stereocenters. The second-order valence-corrected chi connectivity index (χ2v) is 8.95. The van der Waals surface area contributed by atoms with E-state index in [4.69, 9.17) is 0 Å². The molecule has 2 aliphatic rings. The highest BCUT2D eigenvalue weighted by Crippen LogP contribution is 2.36. The molecule has 2 aliphatic carbocycles. The van der Waals surface area contributed by atoms with Crippen molar-refractivity contribution in [3.05, 3.63) is 24.3 Å². The summed E-state index contributed by atoms with van der Waals surface area (Å²) in [7, 11) is 0. The van der Waals surface area contributed by atoms with Crippen LogP contribution in [0.25, 0.3) is 0 Å². The molecule has 0 N–H and O–H groups in total. The first-order valence-corrected chi connectivity index (χ1v) is 11.6. The van der Waals surface area contributed by atoms with E-state index in [1.54, 1.807) is 0 Å². The molecule has 2 rings (SSSR count). The summed E-state index contributed by atoms with van der Waals surface area (Å²) >= 11 is 0. The minimum absolute atomic E-state index is 0.900. The van der Waals surface area contributed by atoms with E-state index in [0.29, 0.717) is 0 Å². The Bertz CT molecular complexity index is 369. The zero-order chi connectivity index (χ0) is 17.7. The summed E-state index contributed by atoms with van der Waals surface area (Å²) in [4.78, 5) is 0. The van der Waals surface area contributed by atoms with E-state index in [-0.39, 0.29) is 0 Å². The third-order valence-electron chi connectivity index (χ3n) is 6.89. The Morgan fingerprint density at radius 3 is 2.12 bits per heavy atom. The fraction of sp³-hybridized carbons (Fsp3) is 0.840. The Morgan fingerprint density at radius 1 is 0.760 bits per heavy atom. The van der Waals surface area contributed by atoms with E-state index in [1.165, 1.54) is 96.3 Å². The highest BCUT2D eigenvalue weighted by atomic mass is 14.3. The van der Waals surface area contributed by atoms with Crippen molar-refractivity contribution in [2.75, 3.05) is 0 Å². The van der Waals surface area contributed by atoms with Crippen LogP contribution in [-0.4, -0.2) is 0 Å². The van der Waals surface area contributed by atoms with Gasteiger partial charge in [0.15, 0.2) is 0 Å². The van der Waals surface area contributed by atoms with Crippen LogP contribution in [0.15, 0.2) is 24.3 Å². The maximum Gasteiger partial charge on any atom is -0.0231 e. The second kappa shape index (κ2) is 12.8. The molecule has 0 aliphatic heterocycles. The molecule has 144 valence electrons. The van der Waals surface area contributed by atoms with Gasteiger partial charge in [0.2, 0.25) is 0 Å². The summed E-state index contributed by atoms with van der Waals surface area (Å²) in [5, 5.41) is 0. The highest BCUT2D eigenvalue weighted by molar-refractivity contribution is 4.90. The van der Waals surface area contributed by atoms with Crippen LogP contribution in [0.5, 0.6) is 0 Å². The summed E-state index contributed by atoms with van der Waals surface area (Å²) in [6, 6.07) is 0. The Balaban J connectivity index is 1.51. The SMILES string of the molecule is CC=CCC[C@H]1CC[C@H](CCCCC2CCCC(C=CCC)C2)CC1. The van der Waals surface area contributed by atoms with E-state index < -0.39 is 0 Å². The fourth-order valence-corrected chi connectivity index (χ4v) is 5.27. The smallest absolute Gasteiger partial charge is 0.0231 e. The first-order valence-electron chi connectivity index (χ1n) is 11.6. The Morgan fingerprint density at radius 2 is 1.44 bits per heavy atom. The summed E-state index contributed by atoms with van der Waals surface area (Å²) < 4.78 is 0. The van der Waals surface area contributed by atoms with E-state index >= 15 is 0 Å². The lowest BCUT2D eigenvalue weighted by atomic mass is 9.77. The first kappa shape index (κ1) is 20.8. The quantitative estimate of drug-likeness (QED) is 0.275.